The van der Waals surface area contributed by atoms with Crippen LogP contribution in [0.15, 0.2) is 42.5 Å². The monoisotopic (exact) mass is 370 g/mol. The highest BCUT2D eigenvalue weighted by atomic mass is 16.7. The van der Waals surface area contributed by atoms with Crippen molar-refractivity contribution in [2.75, 3.05) is 27.0 Å². The lowest BCUT2D eigenvalue weighted by Crippen LogP contribution is -2.37. The molecule has 0 atom stereocenters. The van der Waals surface area contributed by atoms with Crippen molar-refractivity contribution >= 4 is 11.8 Å². The van der Waals surface area contributed by atoms with Crippen molar-refractivity contribution in [2.24, 2.45) is 0 Å². The zero-order valence-electron chi connectivity index (χ0n) is 15.4. The molecule has 0 bridgehead atoms. The van der Waals surface area contributed by atoms with Crippen LogP contribution in [0.4, 0.5) is 0 Å². The van der Waals surface area contributed by atoms with Crippen molar-refractivity contribution in [2.45, 2.75) is 13.5 Å². The molecule has 27 heavy (non-hydrogen) atoms. The first kappa shape index (κ1) is 18.6. The summed E-state index contributed by atoms with van der Waals surface area (Å²) in [6.07, 6.45) is 0. The van der Waals surface area contributed by atoms with Crippen LogP contribution in [-0.2, 0) is 11.3 Å². The molecule has 1 aliphatic rings. The number of amides is 2. The van der Waals surface area contributed by atoms with Gasteiger partial charge in [-0.15, -0.1) is 0 Å². The molecule has 3 rings (SSSR count). The van der Waals surface area contributed by atoms with E-state index in [1.54, 1.807) is 36.3 Å². The molecule has 2 aromatic rings. The Labute approximate surface area is 157 Å². The van der Waals surface area contributed by atoms with Crippen molar-refractivity contribution in [1.29, 1.82) is 0 Å². The van der Waals surface area contributed by atoms with Crippen LogP contribution in [0.1, 0.15) is 22.8 Å². The van der Waals surface area contributed by atoms with Gasteiger partial charge < -0.3 is 24.4 Å². The summed E-state index contributed by atoms with van der Waals surface area (Å²) in [5.41, 5.74) is 1.48. The van der Waals surface area contributed by atoms with Gasteiger partial charge in [0.15, 0.2) is 11.5 Å². The second kappa shape index (κ2) is 8.44. The summed E-state index contributed by atoms with van der Waals surface area (Å²) in [5, 5.41) is 2.83. The Kier molecular flexibility index (Phi) is 5.80. The number of benzene rings is 2. The average Bonchev–Trinajstić information content (AvgIpc) is 3.14. The van der Waals surface area contributed by atoms with Gasteiger partial charge in [0.25, 0.3) is 5.91 Å². The molecule has 1 aliphatic heterocycles. The Balaban J connectivity index is 1.53. The van der Waals surface area contributed by atoms with E-state index in [9.17, 15) is 9.59 Å². The maximum absolute atomic E-state index is 12.2. The number of hydrogen-bond acceptors (Lipinski definition) is 5. The van der Waals surface area contributed by atoms with Gasteiger partial charge in [0.2, 0.25) is 12.7 Å². The molecule has 7 heteroatoms. The Bertz CT molecular complexity index is 820. The van der Waals surface area contributed by atoms with Crippen LogP contribution in [-0.4, -0.2) is 43.7 Å². The van der Waals surface area contributed by atoms with Crippen LogP contribution in [0.2, 0.25) is 0 Å². The van der Waals surface area contributed by atoms with Gasteiger partial charge in [-0.05, 0) is 42.0 Å². The molecular weight excluding hydrogens is 348 g/mol. The largest absolute Gasteiger partial charge is 0.497 e. The van der Waals surface area contributed by atoms with E-state index in [0.717, 1.165) is 5.56 Å². The number of rotatable bonds is 7. The molecule has 1 N–H and O–H groups in total. The fourth-order valence-corrected chi connectivity index (χ4v) is 2.76. The van der Waals surface area contributed by atoms with E-state index in [0.29, 0.717) is 42.4 Å². The van der Waals surface area contributed by atoms with E-state index < -0.39 is 0 Å². The van der Waals surface area contributed by atoms with Gasteiger partial charge in [-0.3, -0.25) is 9.59 Å². The van der Waals surface area contributed by atoms with Gasteiger partial charge in [0.1, 0.15) is 5.75 Å². The Morgan fingerprint density at radius 1 is 1.11 bits per heavy atom. The SMILES string of the molecule is COc1ccc(C(=O)NCCN(Cc2ccc3c(c2)OCO3)C(C)=O)cc1. The quantitative estimate of drug-likeness (QED) is 0.809. The maximum Gasteiger partial charge on any atom is 0.251 e. The summed E-state index contributed by atoms with van der Waals surface area (Å²) < 4.78 is 15.7. The molecule has 0 aliphatic carbocycles. The smallest absolute Gasteiger partial charge is 0.251 e. The van der Waals surface area contributed by atoms with Gasteiger partial charge in [0.05, 0.1) is 7.11 Å². The van der Waals surface area contributed by atoms with E-state index in [2.05, 4.69) is 5.32 Å². The first-order valence-corrected chi connectivity index (χ1v) is 8.63. The van der Waals surface area contributed by atoms with Crippen molar-refractivity contribution in [1.82, 2.24) is 10.2 Å². The molecule has 2 amide bonds. The molecule has 0 spiro atoms. The van der Waals surface area contributed by atoms with Gasteiger partial charge in [-0.25, -0.2) is 0 Å². The van der Waals surface area contributed by atoms with E-state index >= 15 is 0 Å². The lowest BCUT2D eigenvalue weighted by Gasteiger charge is -2.21. The molecule has 0 unspecified atom stereocenters. The third kappa shape index (κ3) is 4.69. The minimum atomic E-state index is -0.191. The van der Waals surface area contributed by atoms with Crippen molar-refractivity contribution in [3.05, 3.63) is 53.6 Å². The van der Waals surface area contributed by atoms with Gasteiger partial charge in [0, 0.05) is 32.1 Å². The standard InChI is InChI=1S/C20H22N2O5/c1-14(23)22(12-15-3-8-18-19(11-15)27-13-26-18)10-9-21-20(24)16-4-6-17(25-2)7-5-16/h3-8,11H,9-10,12-13H2,1-2H3,(H,21,24). The predicted octanol–water partition coefficient (Wildman–Crippen LogP) is 2.20. The summed E-state index contributed by atoms with van der Waals surface area (Å²) in [5.74, 6) is 1.83. The maximum atomic E-state index is 12.2. The minimum absolute atomic E-state index is 0.0636. The van der Waals surface area contributed by atoms with E-state index in [4.69, 9.17) is 14.2 Å². The molecule has 0 saturated carbocycles. The van der Waals surface area contributed by atoms with E-state index in [-0.39, 0.29) is 18.6 Å². The van der Waals surface area contributed by atoms with Crippen LogP contribution in [0.3, 0.4) is 0 Å². The highest BCUT2D eigenvalue weighted by molar-refractivity contribution is 5.94. The zero-order valence-corrected chi connectivity index (χ0v) is 15.4. The summed E-state index contributed by atoms with van der Waals surface area (Å²) in [6, 6.07) is 12.5. The molecular formula is C20H22N2O5. The number of hydrogen-bond donors (Lipinski definition) is 1. The molecule has 2 aromatic carbocycles. The first-order chi connectivity index (χ1) is 13.1. The first-order valence-electron chi connectivity index (χ1n) is 8.63. The highest BCUT2D eigenvalue weighted by Crippen LogP contribution is 2.32. The summed E-state index contributed by atoms with van der Waals surface area (Å²) >= 11 is 0. The second-order valence-electron chi connectivity index (χ2n) is 6.11. The van der Waals surface area contributed by atoms with Crippen molar-refractivity contribution in [3.63, 3.8) is 0 Å². The second-order valence-corrected chi connectivity index (χ2v) is 6.11. The molecule has 142 valence electrons. The fraction of sp³-hybridized carbons (Fsp3) is 0.300. The zero-order chi connectivity index (χ0) is 19.2. The van der Waals surface area contributed by atoms with Crippen molar-refractivity contribution < 1.29 is 23.8 Å². The van der Waals surface area contributed by atoms with E-state index in [1.807, 2.05) is 18.2 Å². The van der Waals surface area contributed by atoms with Crippen LogP contribution in [0.5, 0.6) is 17.2 Å². The number of methoxy groups -OCH3 is 1. The number of carbonyl (C=O) groups excluding carboxylic acids is 2. The molecule has 0 fully saturated rings. The Morgan fingerprint density at radius 3 is 2.56 bits per heavy atom. The molecule has 1 heterocycles. The Morgan fingerprint density at radius 2 is 1.85 bits per heavy atom. The third-order valence-corrected chi connectivity index (χ3v) is 4.28. The minimum Gasteiger partial charge on any atom is -0.497 e. The van der Waals surface area contributed by atoms with Crippen LogP contribution < -0.4 is 19.5 Å². The summed E-state index contributed by atoms with van der Waals surface area (Å²) in [4.78, 5) is 25.8. The number of fused-ring (bicyclic) bond motifs is 1. The lowest BCUT2D eigenvalue weighted by atomic mass is 10.2. The van der Waals surface area contributed by atoms with Gasteiger partial charge >= 0.3 is 0 Å². The Hall–Kier alpha value is -3.22. The van der Waals surface area contributed by atoms with Gasteiger partial charge in [-0.1, -0.05) is 6.07 Å². The topological polar surface area (TPSA) is 77.1 Å². The molecule has 7 nitrogen and oxygen atoms in total. The van der Waals surface area contributed by atoms with Crippen LogP contribution in [0, 0.1) is 0 Å². The lowest BCUT2D eigenvalue weighted by molar-refractivity contribution is -0.129. The molecule has 0 aromatic heterocycles. The number of carbonyl (C=O) groups is 2. The summed E-state index contributed by atoms with van der Waals surface area (Å²) in [6.45, 7) is 2.93. The highest BCUT2D eigenvalue weighted by Gasteiger charge is 2.16. The normalized spacial score (nSPS) is 11.8. The van der Waals surface area contributed by atoms with E-state index in [1.165, 1.54) is 6.92 Å². The predicted molar refractivity (Wildman–Crippen MR) is 99.0 cm³/mol. The molecule has 0 saturated heterocycles. The van der Waals surface area contributed by atoms with Crippen LogP contribution >= 0.6 is 0 Å². The number of nitrogens with zero attached hydrogens (tertiary/aromatic N) is 1. The number of ether oxygens (including phenoxy) is 3. The van der Waals surface area contributed by atoms with Gasteiger partial charge in [-0.2, -0.15) is 0 Å². The van der Waals surface area contributed by atoms with Crippen LogP contribution in [0.25, 0.3) is 0 Å². The third-order valence-electron chi connectivity index (χ3n) is 4.28. The summed E-state index contributed by atoms with van der Waals surface area (Å²) in [7, 11) is 1.57. The van der Waals surface area contributed by atoms with Crippen molar-refractivity contribution in [3.8, 4) is 17.2 Å². The fourth-order valence-electron chi connectivity index (χ4n) is 2.76. The number of nitrogens with one attached hydrogen (secondary N) is 1. The molecule has 0 radical (unpaired) electrons. The average molecular weight is 370 g/mol.